The number of aliphatic hydroxyl groups is 1. The molecule has 5 heteroatoms. The lowest BCUT2D eigenvalue weighted by Gasteiger charge is -2.12. The molecule has 1 atom stereocenters. The lowest BCUT2D eigenvalue weighted by atomic mass is 10.1. The van der Waals surface area contributed by atoms with Gasteiger partial charge in [0.1, 0.15) is 11.5 Å². The predicted molar refractivity (Wildman–Crippen MR) is 61.9 cm³/mol. The summed E-state index contributed by atoms with van der Waals surface area (Å²) in [7, 11) is 0. The fourth-order valence-corrected chi connectivity index (χ4v) is 1.82. The van der Waals surface area contributed by atoms with Crippen molar-refractivity contribution in [2.75, 3.05) is 0 Å². The summed E-state index contributed by atoms with van der Waals surface area (Å²) in [6, 6.07) is 4.59. The van der Waals surface area contributed by atoms with Crippen LogP contribution >= 0.6 is 15.9 Å². The standard InChI is InChI=1S/C11H10BrFN2O/c1-7(16)9-3-2-4-10(13)11(9)15-6-8(12)5-14-15/h2-7,16H,1H3. The number of hydrogen-bond acceptors (Lipinski definition) is 2. The average Bonchev–Trinajstić information content (AvgIpc) is 2.64. The third kappa shape index (κ3) is 2.01. The van der Waals surface area contributed by atoms with Gasteiger partial charge in [0.15, 0.2) is 0 Å². The molecule has 0 radical (unpaired) electrons. The number of benzene rings is 1. The van der Waals surface area contributed by atoms with Crippen molar-refractivity contribution in [3.8, 4) is 5.69 Å². The Kier molecular flexibility index (Phi) is 3.07. The van der Waals surface area contributed by atoms with E-state index < -0.39 is 11.9 Å². The van der Waals surface area contributed by atoms with Gasteiger partial charge in [-0.3, -0.25) is 0 Å². The van der Waals surface area contributed by atoms with Crippen LogP contribution in [0.5, 0.6) is 0 Å². The van der Waals surface area contributed by atoms with Gasteiger partial charge < -0.3 is 5.11 Å². The summed E-state index contributed by atoms with van der Waals surface area (Å²) in [5.74, 6) is -0.408. The van der Waals surface area contributed by atoms with Crippen molar-refractivity contribution in [1.29, 1.82) is 0 Å². The third-order valence-electron chi connectivity index (χ3n) is 2.25. The number of halogens is 2. The Balaban J connectivity index is 2.62. The molecule has 0 saturated carbocycles. The van der Waals surface area contributed by atoms with Crippen molar-refractivity contribution in [3.05, 3.63) is 46.4 Å². The molecule has 1 aromatic carbocycles. The van der Waals surface area contributed by atoms with E-state index in [2.05, 4.69) is 21.0 Å². The quantitative estimate of drug-likeness (QED) is 0.921. The van der Waals surface area contributed by atoms with E-state index in [1.807, 2.05) is 0 Å². The first-order valence-corrected chi connectivity index (χ1v) is 5.56. The first kappa shape index (κ1) is 11.3. The molecule has 0 aliphatic carbocycles. The lowest BCUT2D eigenvalue weighted by Crippen LogP contribution is -2.05. The van der Waals surface area contributed by atoms with Gasteiger partial charge in [0.2, 0.25) is 0 Å². The summed E-state index contributed by atoms with van der Waals surface area (Å²) in [6.45, 7) is 1.59. The van der Waals surface area contributed by atoms with Gasteiger partial charge in [-0.05, 0) is 28.9 Å². The van der Waals surface area contributed by atoms with E-state index in [0.717, 1.165) is 4.47 Å². The highest BCUT2D eigenvalue weighted by molar-refractivity contribution is 9.10. The van der Waals surface area contributed by atoms with Crippen LogP contribution in [0.3, 0.4) is 0 Å². The van der Waals surface area contributed by atoms with Gasteiger partial charge in [0.25, 0.3) is 0 Å². The number of aliphatic hydroxyl groups excluding tert-OH is 1. The Labute approximate surface area is 101 Å². The molecule has 0 fully saturated rings. The molecule has 1 aromatic heterocycles. The molecule has 0 saturated heterocycles. The van der Waals surface area contributed by atoms with E-state index >= 15 is 0 Å². The Hall–Kier alpha value is -1.20. The first-order valence-electron chi connectivity index (χ1n) is 4.76. The van der Waals surface area contributed by atoms with E-state index in [9.17, 15) is 9.50 Å². The van der Waals surface area contributed by atoms with Gasteiger partial charge in [0.05, 0.1) is 16.8 Å². The van der Waals surface area contributed by atoms with Crippen LogP contribution in [0.15, 0.2) is 35.1 Å². The lowest BCUT2D eigenvalue weighted by molar-refractivity contribution is 0.198. The molecule has 0 spiro atoms. The molecule has 0 amide bonds. The van der Waals surface area contributed by atoms with Crippen molar-refractivity contribution in [2.24, 2.45) is 0 Å². The molecule has 0 aliphatic heterocycles. The van der Waals surface area contributed by atoms with Gasteiger partial charge in [-0.2, -0.15) is 5.10 Å². The number of nitrogens with zero attached hydrogens (tertiary/aromatic N) is 2. The van der Waals surface area contributed by atoms with Gasteiger partial charge in [-0.25, -0.2) is 9.07 Å². The highest BCUT2D eigenvalue weighted by atomic mass is 79.9. The number of para-hydroxylation sites is 1. The Bertz CT molecular complexity index is 510. The van der Waals surface area contributed by atoms with Crippen LogP contribution in [0.4, 0.5) is 4.39 Å². The zero-order chi connectivity index (χ0) is 11.7. The Morgan fingerprint density at radius 2 is 2.25 bits per heavy atom. The zero-order valence-electron chi connectivity index (χ0n) is 8.56. The highest BCUT2D eigenvalue weighted by Crippen LogP contribution is 2.24. The molecule has 2 aromatic rings. The van der Waals surface area contributed by atoms with Gasteiger partial charge in [-0.15, -0.1) is 0 Å². The van der Waals surface area contributed by atoms with E-state index in [-0.39, 0.29) is 5.69 Å². The SMILES string of the molecule is CC(O)c1cccc(F)c1-n1cc(Br)cn1. The van der Waals surface area contributed by atoms with E-state index in [1.165, 1.54) is 10.7 Å². The van der Waals surface area contributed by atoms with Crippen LogP contribution in [0.2, 0.25) is 0 Å². The first-order chi connectivity index (χ1) is 7.59. The normalized spacial score (nSPS) is 12.8. The highest BCUT2D eigenvalue weighted by Gasteiger charge is 2.14. The van der Waals surface area contributed by atoms with Gasteiger partial charge in [-0.1, -0.05) is 12.1 Å². The molecular weight excluding hydrogens is 275 g/mol. The van der Waals surface area contributed by atoms with E-state index in [0.29, 0.717) is 5.56 Å². The largest absolute Gasteiger partial charge is 0.389 e. The molecule has 3 nitrogen and oxygen atoms in total. The van der Waals surface area contributed by atoms with Gasteiger partial charge in [0, 0.05) is 11.8 Å². The Morgan fingerprint density at radius 1 is 1.50 bits per heavy atom. The maximum atomic E-state index is 13.7. The second kappa shape index (κ2) is 4.35. The minimum absolute atomic E-state index is 0.281. The summed E-state index contributed by atoms with van der Waals surface area (Å²) < 4.78 is 15.9. The summed E-state index contributed by atoms with van der Waals surface area (Å²) in [5, 5.41) is 13.6. The topological polar surface area (TPSA) is 38.0 Å². The van der Waals surface area contributed by atoms with Crippen LogP contribution in [-0.2, 0) is 0 Å². The minimum Gasteiger partial charge on any atom is -0.389 e. The molecule has 1 heterocycles. The zero-order valence-corrected chi connectivity index (χ0v) is 10.1. The molecule has 0 aliphatic rings. The Morgan fingerprint density at radius 3 is 2.81 bits per heavy atom. The van der Waals surface area contributed by atoms with E-state index in [1.54, 1.807) is 31.5 Å². The van der Waals surface area contributed by atoms with Crippen LogP contribution < -0.4 is 0 Å². The van der Waals surface area contributed by atoms with Crippen LogP contribution in [-0.4, -0.2) is 14.9 Å². The van der Waals surface area contributed by atoms with Crippen molar-refractivity contribution in [2.45, 2.75) is 13.0 Å². The maximum absolute atomic E-state index is 13.7. The second-order valence-electron chi connectivity index (χ2n) is 3.46. The molecule has 1 N–H and O–H groups in total. The van der Waals surface area contributed by atoms with Crippen molar-refractivity contribution >= 4 is 15.9 Å². The number of rotatable bonds is 2. The summed E-state index contributed by atoms with van der Waals surface area (Å²) in [5.41, 5.74) is 0.791. The molecule has 1 unspecified atom stereocenters. The van der Waals surface area contributed by atoms with Crippen LogP contribution in [0.1, 0.15) is 18.6 Å². The predicted octanol–water partition coefficient (Wildman–Crippen LogP) is 2.83. The van der Waals surface area contributed by atoms with Crippen LogP contribution in [0.25, 0.3) is 5.69 Å². The number of aromatic nitrogens is 2. The second-order valence-corrected chi connectivity index (χ2v) is 4.37. The molecule has 16 heavy (non-hydrogen) atoms. The minimum atomic E-state index is -0.742. The third-order valence-corrected chi connectivity index (χ3v) is 2.66. The van der Waals surface area contributed by atoms with E-state index in [4.69, 9.17) is 0 Å². The fraction of sp³-hybridized carbons (Fsp3) is 0.182. The van der Waals surface area contributed by atoms with Crippen molar-refractivity contribution < 1.29 is 9.50 Å². The fourth-order valence-electron chi connectivity index (χ4n) is 1.53. The molecule has 0 bridgehead atoms. The van der Waals surface area contributed by atoms with Crippen molar-refractivity contribution in [3.63, 3.8) is 0 Å². The maximum Gasteiger partial charge on any atom is 0.149 e. The van der Waals surface area contributed by atoms with Gasteiger partial charge >= 0.3 is 0 Å². The smallest absolute Gasteiger partial charge is 0.149 e. The molecule has 2 rings (SSSR count). The van der Waals surface area contributed by atoms with Crippen LogP contribution in [0, 0.1) is 5.82 Å². The molecular formula is C11H10BrFN2O. The summed E-state index contributed by atoms with van der Waals surface area (Å²) in [4.78, 5) is 0. The molecule has 84 valence electrons. The monoisotopic (exact) mass is 284 g/mol. The summed E-state index contributed by atoms with van der Waals surface area (Å²) >= 11 is 3.25. The number of hydrogen-bond donors (Lipinski definition) is 1. The van der Waals surface area contributed by atoms with Crippen molar-refractivity contribution in [1.82, 2.24) is 9.78 Å². The average molecular weight is 285 g/mol. The summed E-state index contributed by atoms with van der Waals surface area (Å²) in [6.07, 6.45) is 2.47.